The van der Waals surface area contributed by atoms with Crippen molar-refractivity contribution in [3.05, 3.63) is 35.9 Å². The van der Waals surface area contributed by atoms with Gasteiger partial charge >= 0.3 is 5.97 Å². The molecule has 0 unspecified atom stereocenters. The van der Waals surface area contributed by atoms with E-state index in [4.69, 9.17) is 0 Å². The first-order valence-electron chi connectivity index (χ1n) is 6.05. The zero-order chi connectivity index (χ0) is 13.7. The molecule has 2 atom stereocenters. The molecule has 0 radical (unpaired) electrons. The maximum Gasteiger partial charge on any atom is 0.326 e. The maximum absolute atomic E-state index is 11.9. The van der Waals surface area contributed by atoms with Gasteiger partial charge in [0.05, 0.1) is 6.04 Å². The summed E-state index contributed by atoms with van der Waals surface area (Å²) in [6.07, 6.45) is 0.293. The molecule has 1 saturated heterocycles. The van der Waals surface area contributed by atoms with Gasteiger partial charge in [0.15, 0.2) is 0 Å². The zero-order valence-corrected chi connectivity index (χ0v) is 11.2. The van der Waals surface area contributed by atoms with Crippen molar-refractivity contribution >= 4 is 23.6 Å². The molecule has 1 aromatic carbocycles. The largest absolute Gasteiger partial charge is 0.480 e. The third kappa shape index (κ3) is 3.97. The molecule has 6 heteroatoms. The number of carbonyl (C=O) groups is 2. The second kappa shape index (κ2) is 6.58. The summed E-state index contributed by atoms with van der Waals surface area (Å²) >= 11 is 1.63. The van der Waals surface area contributed by atoms with Crippen molar-refractivity contribution < 1.29 is 14.7 Å². The van der Waals surface area contributed by atoms with Crippen LogP contribution in [0.3, 0.4) is 0 Å². The molecule has 1 fully saturated rings. The average Bonchev–Trinajstić information content (AvgIpc) is 2.93. The summed E-state index contributed by atoms with van der Waals surface area (Å²) in [5, 5.41) is 14.8. The molecule has 2 rings (SSSR count). The first kappa shape index (κ1) is 13.9. The number of benzene rings is 1. The third-order valence-electron chi connectivity index (χ3n) is 2.93. The van der Waals surface area contributed by atoms with Gasteiger partial charge in [-0.25, -0.2) is 4.79 Å². The predicted molar refractivity (Wildman–Crippen MR) is 74.0 cm³/mol. The molecule has 1 aromatic rings. The smallest absolute Gasteiger partial charge is 0.326 e. The molecule has 1 heterocycles. The van der Waals surface area contributed by atoms with E-state index in [1.807, 2.05) is 30.3 Å². The standard InChI is InChI=1S/C13H16N2O3S/c16-12(11-7-19-8-14-11)15-10(13(17)18)6-9-4-2-1-3-5-9/h1-5,10-11,14H,6-8H2,(H,15,16)(H,17,18)/t10-,11-/m0/s1. The minimum absolute atomic E-state index is 0.242. The molecule has 0 saturated carbocycles. The summed E-state index contributed by atoms with van der Waals surface area (Å²) in [5.41, 5.74) is 0.893. The third-order valence-corrected chi connectivity index (χ3v) is 3.87. The Morgan fingerprint density at radius 2 is 2.16 bits per heavy atom. The lowest BCUT2D eigenvalue weighted by Crippen LogP contribution is -2.50. The Kier molecular flexibility index (Phi) is 4.81. The Morgan fingerprint density at radius 1 is 1.42 bits per heavy atom. The molecule has 0 aliphatic carbocycles. The van der Waals surface area contributed by atoms with Crippen molar-refractivity contribution in [2.75, 3.05) is 11.6 Å². The monoisotopic (exact) mass is 280 g/mol. The fourth-order valence-corrected chi connectivity index (χ4v) is 2.83. The molecule has 0 spiro atoms. The number of thioether (sulfide) groups is 1. The summed E-state index contributed by atoms with van der Waals surface area (Å²) in [4.78, 5) is 23.1. The van der Waals surface area contributed by atoms with E-state index in [0.29, 0.717) is 12.2 Å². The molecule has 0 aromatic heterocycles. The molecule has 102 valence electrons. The van der Waals surface area contributed by atoms with Gasteiger partial charge in [0.1, 0.15) is 6.04 Å². The Bertz CT molecular complexity index is 446. The highest BCUT2D eigenvalue weighted by Crippen LogP contribution is 2.10. The second-order valence-corrected chi connectivity index (χ2v) is 5.39. The van der Waals surface area contributed by atoms with Crippen LogP contribution in [-0.2, 0) is 16.0 Å². The number of carboxylic acids is 1. The normalized spacial score (nSPS) is 19.9. The first-order valence-corrected chi connectivity index (χ1v) is 7.20. The minimum Gasteiger partial charge on any atom is -0.480 e. The van der Waals surface area contributed by atoms with Crippen LogP contribution in [0.1, 0.15) is 5.56 Å². The maximum atomic E-state index is 11.9. The molecule has 5 nitrogen and oxygen atoms in total. The van der Waals surface area contributed by atoms with Gasteiger partial charge in [0, 0.05) is 18.1 Å². The van der Waals surface area contributed by atoms with E-state index in [1.54, 1.807) is 11.8 Å². The molecule has 1 aliphatic rings. The highest BCUT2D eigenvalue weighted by molar-refractivity contribution is 7.99. The van der Waals surface area contributed by atoms with Gasteiger partial charge in [0.2, 0.25) is 5.91 Å². The summed E-state index contributed by atoms with van der Waals surface area (Å²) in [5.74, 6) is 0.161. The summed E-state index contributed by atoms with van der Waals surface area (Å²) in [6, 6.07) is 8.11. The number of rotatable bonds is 5. The minimum atomic E-state index is -1.01. The van der Waals surface area contributed by atoms with Crippen molar-refractivity contribution in [3.8, 4) is 0 Å². The van der Waals surface area contributed by atoms with E-state index in [9.17, 15) is 14.7 Å². The number of hydrogen-bond acceptors (Lipinski definition) is 4. The van der Waals surface area contributed by atoms with Gasteiger partial charge in [-0.3, -0.25) is 10.1 Å². The van der Waals surface area contributed by atoms with Crippen molar-refractivity contribution in [2.45, 2.75) is 18.5 Å². The summed E-state index contributed by atoms with van der Waals surface area (Å²) < 4.78 is 0. The lowest BCUT2D eigenvalue weighted by atomic mass is 10.1. The van der Waals surface area contributed by atoms with Gasteiger partial charge in [-0.05, 0) is 5.56 Å². The van der Waals surface area contributed by atoms with E-state index >= 15 is 0 Å². The summed E-state index contributed by atoms with van der Waals surface area (Å²) in [7, 11) is 0. The molecule has 19 heavy (non-hydrogen) atoms. The SMILES string of the molecule is O=C(O)[C@H](Cc1ccccc1)NC(=O)[C@@H]1CSCN1. The van der Waals surface area contributed by atoms with Crippen molar-refractivity contribution in [3.63, 3.8) is 0 Å². The molecule has 0 bridgehead atoms. The van der Waals surface area contributed by atoms with Crippen LogP contribution in [0.25, 0.3) is 0 Å². The second-order valence-electron chi connectivity index (χ2n) is 4.36. The van der Waals surface area contributed by atoms with Crippen LogP contribution in [0, 0.1) is 0 Å². The Morgan fingerprint density at radius 3 is 2.74 bits per heavy atom. The van der Waals surface area contributed by atoms with E-state index in [-0.39, 0.29) is 11.9 Å². The van der Waals surface area contributed by atoms with E-state index < -0.39 is 12.0 Å². The van der Waals surface area contributed by atoms with Crippen molar-refractivity contribution in [2.24, 2.45) is 0 Å². The highest BCUT2D eigenvalue weighted by Gasteiger charge is 2.27. The fourth-order valence-electron chi connectivity index (χ4n) is 1.89. The van der Waals surface area contributed by atoms with Crippen LogP contribution in [-0.4, -0.2) is 40.7 Å². The lowest BCUT2D eigenvalue weighted by molar-refractivity contribution is -0.142. The zero-order valence-electron chi connectivity index (χ0n) is 10.3. The van der Waals surface area contributed by atoms with Crippen LogP contribution >= 0.6 is 11.8 Å². The Balaban J connectivity index is 1.96. The first-order chi connectivity index (χ1) is 9.16. The molecule has 1 aliphatic heterocycles. The van der Waals surface area contributed by atoms with Gasteiger partial charge in [-0.1, -0.05) is 30.3 Å². The Labute approximate surface area is 115 Å². The highest BCUT2D eigenvalue weighted by atomic mass is 32.2. The molecular formula is C13H16N2O3S. The van der Waals surface area contributed by atoms with E-state index in [1.165, 1.54) is 0 Å². The number of carboxylic acid groups (broad SMARTS) is 1. The van der Waals surface area contributed by atoms with Crippen molar-refractivity contribution in [1.82, 2.24) is 10.6 Å². The van der Waals surface area contributed by atoms with Crippen LogP contribution in [0.15, 0.2) is 30.3 Å². The van der Waals surface area contributed by atoms with Gasteiger partial charge < -0.3 is 10.4 Å². The predicted octanol–water partition coefficient (Wildman–Crippen LogP) is 0.461. The number of nitrogens with one attached hydrogen (secondary N) is 2. The molecular weight excluding hydrogens is 264 g/mol. The molecule has 3 N–H and O–H groups in total. The number of hydrogen-bond donors (Lipinski definition) is 3. The molecule has 1 amide bonds. The Hall–Kier alpha value is -1.53. The van der Waals surface area contributed by atoms with Gasteiger partial charge in [-0.15, -0.1) is 11.8 Å². The van der Waals surface area contributed by atoms with Gasteiger partial charge in [-0.2, -0.15) is 0 Å². The summed E-state index contributed by atoms with van der Waals surface area (Å²) in [6.45, 7) is 0. The van der Waals surface area contributed by atoms with Crippen LogP contribution in [0.5, 0.6) is 0 Å². The van der Waals surface area contributed by atoms with E-state index in [2.05, 4.69) is 10.6 Å². The fraction of sp³-hybridized carbons (Fsp3) is 0.385. The van der Waals surface area contributed by atoms with Gasteiger partial charge in [0.25, 0.3) is 0 Å². The average molecular weight is 280 g/mol. The lowest BCUT2D eigenvalue weighted by Gasteiger charge is -2.17. The van der Waals surface area contributed by atoms with Crippen LogP contribution in [0.4, 0.5) is 0 Å². The van der Waals surface area contributed by atoms with Crippen molar-refractivity contribution in [1.29, 1.82) is 0 Å². The van der Waals surface area contributed by atoms with Crippen LogP contribution < -0.4 is 10.6 Å². The van der Waals surface area contributed by atoms with E-state index in [0.717, 1.165) is 11.4 Å². The number of aliphatic carboxylic acids is 1. The van der Waals surface area contributed by atoms with Crippen LogP contribution in [0.2, 0.25) is 0 Å². The topological polar surface area (TPSA) is 78.4 Å². The quantitative estimate of drug-likeness (QED) is 0.730. The number of carbonyl (C=O) groups excluding carboxylic acids is 1. The number of amides is 1.